The van der Waals surface area contributed by atoms with Crippen molar-refractivity contribution in [3.8, 4) is 0 Å². The molecule has 0 aliphatic carbocycles. The SMILES string of the molecule is Fc1ccc(C2C=CCN2)cc1. The van der Waals surface area contributed by atoms with E-state index in [0.29, 0.717) is 0 Å². The summed E-state index contributed by atoms with van der Waals surface area (Å²) in [4.78, 5) is 0. The first kappa shape index (κ1) is 7.50. The van der Waals surface area contributed by atoms with Crippen LogP contribution in [0.15, 0.2) is 36.4 Å². The van der Waals surface area contributed by atoms with Gasteiger partial charge < -0.3 is 5.32 Å². The van der Waals surface area contributed by atoms with Crippen molar-refractivity contribution in [3.63, 3.8) is 0 Å². The molecular weight excluding hydrogens is 153 g/mol. The molecule has 1 aromatic rings. The molecule has 1 heterocycles. The van der Waals surface area contributed by atoms with Crippen LogP contribution in [0, 0.1) is 5.82 Å². The smallest absolute Gasteiger partial charge is 0.123 e. The van der Waals surface area contributed by atoms with Crippen LogP contribution >= 0.6 is 0 Å². The lowest BCUT2D eigenvalue weighted by molar-refractivity contribution is 0.624. The maximum Gasteiger partial charge on any atom is 0.123 e. The highest BCUT2D eigenvalue weighted by Gasteiger charge is 2.09. The topological polar surface area (TPSA) is 12.0 Å². The van der Waals surface area contributed by atoms with E-state index in [4.69, 9.17) is 0 Å². The van der Waals surface area contributed by atoms with Gasteiger partial charge in [0, 0.05) is 6.54 Å². The van der Waals surface area contributed by atoms with Gasteiger partial charge in [0.25, 0.3) is 0 Å². The molecule has 1 N–H and O–H groups in total. The van der Waals surface area contributed by atoms with E-state index in [0.717, 1.165) is 12.1 Å². The lowest BCUT2D eigenvalue weighted by Crippen LogP contribution is -2.13. The van der Waals surface area contributed by atoms with Crippen LogP contribution in [0.4, 0.5) is 4.39 Å². The Kier molecular flexibility index (Phi) is 1.92. The highest BCUT2D eigenvalue weighted by molar-refractivity contribution is 5.25. The second-order valence-corrected chi connectivity index (χ2v) is 2.87. The molecule has 1 unspecified atom stereocenters. The van der Waals surface area contributed by atoms with Crippen molar-refractivity contribution in [2.24, 2.45) is 0 Å². The number of benzene rings is 1. The molecule has 0 radical (unpaired) electrons. The molecule has 1 aromatic carbocycles. The van der Waals surface area contributed by atoms with E-state index in [1.54, 1.807) is 0 Å². The minimum absolute atomic E-state index is 0.180. The monoisotopic (exact) mass is 163 g/mol. The van der Waals surface area contributed by atoms with Crippen molar-refractivity contribution < 1.29 is 4.39 Å². The summed E-state index contributed by atoms with van der Waals surface area (Å²) in [5.41, 5.74) is 1.12. The Balaban J connectivity index is 2.23. The van der Waals surface area contributed by atoms with Crippen LogP contribution in [0.2, 0.25) is 0 Å². The summed E-state index contributed by atoms with van der Waals surface area (Å²) < 4.78 is 12.5. The Labute approximate surface area is 70.9 Å². The molecule has 1 atom stereocenters. The Morgan fingerprint density at radius 3 is 2.58 bits per heavy atom. The van der Waals surface area contributed by atoms with Gasteiger partial charge in [-0.25, -0.2) is 4.39 Å². The maximum atomic E-state index is 12.5. The van der Waals surface area contributed by atoms with Crippen molar-refractivity contribution in [3.05, 3.63) is 47.8 Å². The van der Waals surface area contributed by atoms with Crippen molar-refractivity contribution in [2.45, 2.75) is 6.04 Å². The highest BCUT2D eigenvalue weighted by atomic mass is 19.1. The van der Waals surface area contributed by atoms with Gasteiger partial charge >= 0.3 is 0 Å². The van der Waals surface area contributed by atoms with Crippen LogP contribution < -0.4 is 5.32 Å². The molecular formula is C10H10FN. The number of rotatable bonds is 1. The third-order valence-corrected chi connectivity index (χ3v) is 2.01. The Bertz CT molecular complexity index is 289. The first-order valence-electron chi connectivity index (χ1n) is 4.02. The fraction of sp³-hybridized carbons (Fsp3) is 0.200. The fourth-order valence-corrected chi connectivity index (χ4v) is 1.37. The van der Waals surface area contributed by atoms with Crippen LogP contribution in [-0.4, -0.2) is 6.54 Å². The molecule has 0 fully saturated rings. The van der Waals surface area contributed by atoms with Gasteiger partial charge in [0.15, 0.2) is 0 Å². The molecule has 0 amide bonds. The van der Waals surface area contributed by atoms with E-state index in [2.05, 4.69) is 17.5 Å². The lowest BCUT2D eigenvalue weighted by Gasteiger charge is -2.08. The molecule has 62 valence electrons. The van der Waals surface area contributed by atoms with E-state index in [1.807, 2.05) is 12.1 Å². The summed E-state index contributed by atoms with van der Waals surface area (Å²) in [7, 11) is 0. The largest absolute Gasteiger partial charge is 0.303 e. The second-order valence-electron chi connectivity index (χ2n) is 2.87. The van der Waals surface area contributed by atoms with E-state index in [9.17, 15) is 4.39 Å². The number of hydrogen-bond acceptors (Lipinski definition) is 1. The number of nitrogens with one attached hydrogen (secondary N) is 1. The van der Waals surface area contributed by atoms with Gasteiger partial charge in [-0.15, -0.1) is 0 Å². The zero-order valence-corrected chi connectivity index (χ0v) is 6.63. The normalized spacial score (nSPS) is 21.6. The third-order valence-electron chi connectivity index (χ3n) is 2.01. The zero-order valence-electron chi connectivity index (χ0n) is 6.63. The average molecular weight is 163 g/mol. The maximum absolute atomic E-state index is 12.5. The van der Waals surface area contributed by atoms with Crippen LogP contribution in [0.1, 0.15) is 11.6 Å². The molecule has 12 heavy (non-hydrogen) atoms. The predicted molar refractivity (Wildman–Crippen MR) is 46.3 cm³/mol. The van der Waals surface area contributed by atoms with Crippen LogP contribution in [0.5, 0.6) is 0 Å². The van der Waals surface area contributed by atoms with Crippen LogP contribution in [0.3, 0.4) is 0 Å². The number of halogens is 1. The van der Waals surface area contributed by atoms with Crippen molar-refractivity contribution in [1.82, 2.24) is 5.32 Å². The lowest BCUT2D eigenvalue weighted by atomic mass is 10.1. The minimum Gasteiger partial charge on any atom is -0.303 e. The Hall–Kier alpha value is -1.15. The van der Waals surface area contributed by atoms with E-state index >= 15 is 0 Å². The fourth-order valence-electron chi connectivity index (χ4n) is 1.37. The summed E-state index contributed by atoms with van der Waals surface area (Å²) in [6.45, 7) is 0.905. The first-order chi connectivity index (χ1) is 5.86. The quantitative estimate of drug-likeness (QED) is 0.624. The molecule has 1 aliphatic heterocycles. The second kappa shape index (κ2) is 3.07. The molecule has 0 bridgehead atoms. The summed E-state index contributed by atoms with van der Waals surface area (Å²) in [6, 6.07) is 6.86. The summed E-state index contributed by atoms with van der Waals surface area (Å²) in [6.07, 6.45) is 4.17. The predicted octanol–water partition coefficient (Wildman–Crippen LogP) is 2.03. The van der Waals surface area contributed by atoms with Gasteiger partial charge in [-0.3, -0.25) is 0 Å². The standard InChI is InChI=1S/C10H10FN/c11-9-5-3-8(4-6-9)10-2-1-7-12-10/h1-6,10,12H,7H2. The minimum atomic E-state index is -0.180. The van der Waals surface area contributed by atoms with Gasteiger partial charge in [-0.2, -0.15) is 0 Å². The van der Waals surface area contributed by atoms with Gasteiger partial charge in [-0.05, 0) is 17.7 Å². The van der Waals surface area contributed by atoms with E-state index in [1.165, 1.54) is 12.1 Å². The van der Waals surface area contributed by atoms with Gasteiger partial charge in [0.2, 0.25) is 0 Å². The van der Waals surface area contributed by atoms with Crippen LogP contribution in [0.25, 0.3) is 0 Å². The molecule has 0 spiro atoms. The molecule has 2 heteroatoms. The van der Waals surface area contributed by atoms with Crippen LogP contribution in [-0.2, 0) is 0 Å². The molecule has 2 rings (SSSR count). The summed E-state index contributed by atoms with van der Waals surface area (Å²) >= 11 is 0. The van der Waals surface area contributed by atoms with Gasteiger partial charge in [0.1, 0.15) is 5.82 Å². The molecule has 1 aliphatic rings. The third kappa shape index (κ3) is 1.38. The number of hydrogen-bond donors (Lipinski definition) is 1. The van der Waals surface area contributed by atoms with Crippen molar-refractivity contribution in [2.75, 3.05) is 6.54 Å². The first-order valence-corrected chi connectivity index (χ1v) is 4.02. The zero-order chi connectivity index (χ0) is 8.39. The van der Waals surface area contributed by atoms with Crippen molar-refractivity contribution >= 4 is 0 Å². The molecule has 1 nitrogen and oxygen atoms in total. The summed E-state index contributed by atoms with van der Waals surface area (Å²) in [5, 5.41) is 3.26. The van der Waals surface area contributed by atoms with Crippen molar-refractivity contribution in [1.29, 1.82) is 0 Å². The highest BCUT2D eigenvalue weighted by Crippen LogP contribution is 2.17. The van der Waals surface area contributed by atoms with Gasteiger partial charge in [0.05, 0.1) is 6.04 Å². The van der Waals surface area contributed by atoms with E-state index in [-0.39, 0.29) is 11.9 Å². The average Bonchev–Trinajstić information content (AvgIpc) is 2.58. The van der Waals surface area contributed by atoms with E-state index < -0.39 is 0 Å². The Morgan fingerprint density at radius 1 is 1.25 bits per heavy atom. The summed E-state index contributed by atoms with van der Waals surface area (Å²) in [5.74, 6) is -0.180. The Morgan fingerprint density at radius 2 is 2.00 bits per heavy atom. The molecule has 0 aromatic heterocycles. The molecule has 0 saturated carbocycles. The van der Waals surface area contributed by atoms with Gasteiger partial charge in [-0.1, -0.05) is 24.3 Å². The molecule has 0 saturated heterocycles.